The number of carbonyl (C=O) groups is 1. The maximum Gasteiger partial charge on any atom is 0.259 e. The number of amides is 1. The van der Waals surface area contributed by atoms with Gasteiger partial charge in [0.25, 0.3) is 5.91 Å². The maximum atomic E-state index is 14.1. The minimum absolute atomic E-state index is 0.119. The molecule has 2 aromatic rings. The van der Waals surface area contributed by atoms with Crippen molar-refractivity contribution in [3.05, 3.63) is 45.8 Å². The first-order valence-electron chi connectivity index (χ1n) is 13.3. The summed E-state index contributed by atoms with van der Waals surface area (Å²) in [6.07, 6.45) is 11.4. The fourth-order valence-corrected chi connectivity index (χ4v) is 7.55. The van der Waals surface area contributed by atoms with Gasteiger partial charge in [-0.15, -0.1) is 0 Å². The van der Waals surface area contributed by atoms with Crippen LogP contribution in [0.25, 0.3) is 10.9 Å². The van der Waals surface area contributed by atoms with E-state index in [1.54, 1.807) is 12.3 Å². The highest BCUT2D eigenvalue weighted by Gasteiger charge is 2.47. The molecule has 3 saturated heterocycles. The lowest BCUT2D eigenvalue weighted by Crippen LogP contribution is -2.60. The third kappa shape index (κ3) is 3.27. The number of hydrogen-bond donors (Lipinski definition) is 0. The molecule has 0 saturated carbocycles. The Bertz CT molecular complexity index is 1300. The van der Waals surface area contributed by atoms with E-state index in [4.69, 9.17) is 9.47 Å². The third-order valence-electron chi connectivity index (χ3n) is 9.06. The minimum Gasteiger partial charge on any atom is -0.454 e. The molecule has 1 amide bonds. The molecule has 3 fully saturated rings. The molecule has 0 radical (unpaired) electrons. The lowest BCUT2D eigenvalue weighted by molar-refractivity contribution is 0.00142. The molecule has 1 aromatic heterocycles. The fraction of sp³-hybridized carbons (Fsp3) is 0.571. The van der Waals surface area contributed by atoms with Crippen molar-refractivity contribution >= 4 is 16.8 Å². The zero-order chi connectivity index (χ0) is 23.7. The minimum atomic E-state index is -0.211. The van der Waals surface area contributed by atoms with Gasteiger partial charge in [0.05, 0.1) is 16.9 Å². The highest BCUT2D eigenvalue weighted by atomic mass is 16.7. The fourth-order valence-electron chi connectivity index (χ4n) is 7.55. The molecule has 184 valence electrons. The molecule has 5 heterocycles. The Hall–Kier alpha value is -2.80. The Kier molecular flexibility index (Phi) is 4.98. The number of benzene rings is 1. The van der Waals surface area contributed by atoms with E-state index in [2.05, 4.69) is 11.0 Å². The number of pyridine rings is 1. The van der Waals surface area contributed by atoms with Crippen LogP contribution in [0.5, 0.6) is 11.5 Å². The van der Waals surface area contributed by atoms with E-state index in [1.807, 2.05) is 22.5 Å². The van der Waals surface area contributed by atoms with Gasteiger partial charge < -0.3 is 18.9 Å². The van der Waals surface area contributed by atoms with E-state index in [1.165, 1.54) is 37.8 Å². The summed E-state index contributed by atoms with van der Waals surface area (Å²) in [7, 11) is 0. The summed E-state index contributed by atoms with van der Waals surface area (Å²) in [4.78, 5) is 32.5. The Balaban J connectivity index is 1.28. The van der Waals surface area contributed by atoms with Crippen molar-refractivity contribution in [2.75, 3.05) is 26.4 Å². The number of fused-ring (bicyclic) bond motifs is 8. The molecule has 1 aromatic carbocycles. The summed E-state index contributed by atoms with van der Waals surface area (Å²) in [6, 6.07) is 4.41. The molecular weight excluding hydrogens is 442 g/mol. The topological polar surface area (TPSA) is 64.0 Å². The number of likely N-dealkylation sites (tertiary alicyclic amines) is 1. The molecule has 7 rings (SSSR count). The van der Waals surface area contributed by atoms with Crippen LogP contribution in [0.4, 0.5) is 0 Å². The number of hydrogen-bond acceptors (Lipinski definition) is 5. The Morgan fingerprint density at radius 3 is 2.83 bits per heavy atom. The van der Waals surface area contributed by atoms with Gasteiger partial charge in [-0.2, -0.15) is 0 Å². The summed E-state index contributed by atoms with van der Waals surface area (Å²) < 4.78 is 13.1. The van der Waals surface area contributed by atoms with Gasteiger partial charge in [-0.1, -0.05) is 18.1 Å². The van der Waals surface area contributed by atoms with Gasteiger partial charge in [0.2, 0.25) is 12.2 Å². The monoisotopic (exact) mass is 475 g/mol. The summed E-state index contributed by atoms with van der Waals surface area (Å²) in [6.45, 7) is 5.82. The van der Waals surface area contributed by atoms with Crippen LogP contribution < -0.4 is 14.9 Å². The predicted octanol–water partition coefficient (Wildman–Crippen LogP) is 3.79. The summed E-state index contributed by atoms with van der Waals surface area (Å²) in [5, 5.41) is 0.521. The van der Waals surface area contributed by atoms with Crippen molar-refractivity contribution in [2.45, 2.75) is 64.1 Å². The van der Waals surface area contributed by atoms with Gasteiger partial charge in [-0.3, -0.25) is 14.5 Å². The zero-order valence-corrected chi connectivity index (χ0v) is 20.4. The largest absolute Gasteiger partial charge is 0.454 e. The average molecular weight is 476 g/mol. The molecule has 4 atom stereocenters. The molecule has 1 aliphatic carbocycles. The predicted molar refractivity (Wildman–Crippen MR) is 133 cm³/mol. The molecule has 0 unspecified atom stereocenters. The van der Waals surface area contributed by atoms with Crippen molar-refractivity contribution in [1.82, 2.24) is 14.4 Å². The molecule has 5 aliphatic rings. The van der Waals surface area contributed by atoms with Crippen LogP contribution in [0.1, 0.15) is 55.8 Å². The van der Waals surface area contributed by atoms with Crippen LogP contribution in [-0.2, 0) is 6.54 Å². The van der Waals surface area contributed by atoms with Gasteiger partial charge in [0.1, 0.15) is 5.56 Å². The Morgan fingerprint density at radius 1 is 1.11 bits per heavy atom. The standard InChI is InChI=1S/C28H33N3O4/c1-2-29-15-21(27(32)20-12-24-25(13-23(20)29)35-16-34-24)28(33)31-9-5-6-17-10-18-11-19(26(17)31)14-30-8-4-3-7-22(18)30/h10,12-13,15,18-19,22,26H,2-9,11,14,16H2,1H3/t18-,19-,22+,26+/m0/s1. The number of ether oxygens (including phenoxy) is 2. The number of carbonyl (C=O) groups excluding carboxylic acids is 1. The van der Waals surface area contributed by atoms with Crippen molar-refractivity contribution in [1.29, 1.82) is 0 Å². The summed E-state index contributed by atoms with van der Waals surface area (Å²) in [5.74, 6) is 2.18. The van der Waals surface area contributed by atoms with Crippen LogP contribution in [-0.4, -0.2) is 58.8 Å². The van der Waals surface area contributed by atoms with Gasteiger partial charge in [0.15, 0.2) is 11.5 Å². The van der Waals surface area contributed by atoms with Crippen LogP contribution in [0.3, 0.4) is 0 Å². The van der Waals surface area contributed by atoms with Gasteiger partial charge in [-0.05, 0) is 63.5 Å². The van der Waals surface area contributed by atoms with Crippen LogP contribution >= 0.6 is 0 Å². The van der Waals surface area contributed by atoms with Crippen LogP contribution in [0.2, 0.25) is 0 Å². The Morgan fingerprint density at radius 2 is 1.97 bits per heavy atom. The summed E-state index contributed by atoms with van der Waals surface area (Å²) >= 11 is 0. The molecule has 0 N–H and O–H groups in total. The molecule has 4 aliphatic heterocycles. The molecule has 2 bridgehead atoms. The van der Waals surface area contributed by atoms with Crippen molar-refractivity contribution in [3.8, 4) is 11.5 Å². The average Bonchev–Trinajstić information content (AvgIpc) is 3.35. The quantitative estimate of drug-likeness (QED) is 0.619. The second-order valence-electron chi connectivity index (χ2n) is 10.9. The van der Waals surface area contributed by atoms with Gasteiger partial charge in [-0.25, -0.2) is 0 Å². The molecule has 7 heteroatoms. The van der Waals surface area contributed by atoms with Crippen molar-refractivity contribution in [3.63, 3.8) is 0 Å². The first kappa shape index (κ1) is 21.5. The zero-order valence-electron chi connectivity index (χ0n) is 20.4. The summed E-state index contributed by atoms with van der Waals surface area (Å²) in [5.41, 5.74) is 2.28. The van der Waals surface area contributed by atoms with E-state index in [9.17, 15) is 9.59 Å². The molecular formula is C28H33N3O4. The smallest absolute Gasteiger partial charge is 0.259 e. The first-order valence-corrected chi connectivity index (χ1v) is 13.3. The van der Waals surface area contributed by atoms with E-state index in [-0.39, 0.29) is 29.7 Å². The van der Waals surface area contributed by atoms with Crippen molar-refractivity contribution in [2.24, 2.45) is 11.8 Å². The van der Waals surface area contributed by atoms with Crippen LogP contribution in [0, 0.1) is 11.8 Å². The number of aromatic nitrogens is 1. The molecule has 7 nitrogen and oxygen atoms in total. The first-order chi connectivity index (χ1) is 17.1. The number of rotatable bonds is 2. The molecule has 35 heavy (non-hydrogen) atoms. The second kappa shape index (κ2) is 8.12. The van der Waals surface area contributed by atoms with Crippen molar-refractivity contribution < 1.29 is 14.3 Å². The molecule has 0 spiro atoms. The number of aryl methyl sites for hydroxylation is 1. The van der Waals surface area contributed by atoms with Gasteiger partial charge >= 0.3 is 0 Å². The number of nitrogens with zero attached hydrogens (tertiary/aromatic N) is 3. The van der Waals surface area contributed by atoms with E-state index >= 15 is 0 Å². The lowest BCUT2D eigenvalue weighted by atomic mass is 9.68. The van der Waals surface area contributed by atoms with E-state index in [0.717, 1.165) is 31.4 Å². The lowest BCUT2D eigenvalue weighted by Gasteiger charge is -2.54. The van der Waals surface area contributed by atoms with Gasteiger partial charge in [0, 0.05) is 37.9 Å². The third-order valence-corrected chi connectivity index (χ3v) is 9.06. The highest BCUT2D eigenvalue weighted by molar-refractivity contribution is 5.98. The van der Waals surface area contributed by atoms with E-state index < -0.39 is 0 Å². The SMILES string of the molecule is CCn1cc(C(=O)N2CCCC3=C[C@H]4C[C@@H](CN5CCCC[C@H]45)[C@@H]32)c(=O)c2cc3c(cc21)OCO3. The van der Waals surface area contributed by atoms with Crippen LogP contribution in [0.15, 0.2) is 34.8 Å². The maximum absolute atomic E-state index is 14.1. The highest BCUT2D eigenvalue weighted by Crippen LogP contribution is 2.45. The normalized spacial score (nSPS) is 29.5. The van der Waals surface area contributed by atoms with E-state index in [0.29, 0.717) is 41.3 Å². The second-order valence-corrected chi connectivity index (χ2v) is 10.9. The number of piperidine rings is 3. The Labute approximate surface area is 205 Å².